The van der Waals surface area contributed by atoms with Crippen LogP contribution >= 0.6 is 0 Å². The Morgan fingerprint density at radius 2 is 1.84 bits per heavy atom. The van der Waals surface area contributed by atoms with Gasteiger partial charge in [-0.25, -0.2) is 4.79 Å². The summed E-state index contributed by atoms with van der Waals surface area (Å²) in [5.41, 5.74) is 3.82. The number of aryl methyl sites for hydroxylation is 1. The van der Waals surface area contributed by atoms with Gasteiger partial charge < -0.3 is 20.4 Å². The van der Waals surface area contributed by atoms with E-state index in [4.69, 9.17) is 0 Å². The van der Waals surface area contributed by atoms with Crippen LogP contribution < -0.4 is 15.5 Å². The Morgan fingerprint density at radius 3 is 2.48 bits per heavy atom. The third-order valence-electron chi connectivity index (χ3n) is 4.77. The molecule has 1 atom stereocenters. The minimum Gasteiger partial charge on any atom is -0.368 e. The first-order valence-electron chi connectivity index (χ1n) is 9.08. The molecule has 6 nitrogen and oxygen atoms in total. The summed E-state index contributed by atoms with van der Waals surface area (Å²) >= 11 is 0. The second kappa shape index (κ2) is 8.74. The number of rotatable bonds is 5. The standard InChI is InChI=1S/C19H30N4O2/c1-5-9-20-18(24)16(4)21-19(25)23-12-10-22(11-13-23)17-8-6-7-14(2)15(17)3/h6-8,16H,5,9-13H2,1-4H3,(H,20,24)(H,21,25). The van der Waals surface area contributed by atoms with Gasteiger partial charge in [-0.3, -0.25) is 4.79 Å². The number of nitrogens with zero attached hydrogens (tertiary/aromatic N) is 2. The molecule has 0 spiro atoms. The van der Waals surface area contributed by atoms with Crippen molar-refractivity contribution in [2.75, 3.05) is 37.6 Å². The molecule has 0 bridgehead atoms. The number of piperazine rings is 1. The van der Waals surface area contributed by atoms with E-state index in [1.807, 2.05) is 6.92 Å². The Labute approximate surface area is 150 Å². The fourth-order valence-corrected chi connectivity index (χ4v) is 2.97. The number of hydrogen-bond donors (Lipinski definition) is 2. The summed E-state index contributed by atoms with van der Waals surface area (Å²) in [6.45, 7) is 11.5. The van der Waals surface area contributed by atoms with Crippen LogP contribution in [0.1, 0.15) is 31.4 Å². The Balaban J connectivity index is 1.86. The summed E-state index contributed by atoms with van der Waals surface area (Å²) in [6.07, 6.45) is 0.882. The van der Waals surface area contributed by atoms with E-state index in [9.17, 15) is 9.59 Å². The van der Waals surface area contributed by atoms with Crippen LogP contribution in [0.25, 0.3) is 0 Å². The van der Waals surface area contributed by atoms with E-state index in [0.29, 0.717) is 19.6 Å². The van der Waals surface area contributed by atoms with E-state index in [0.717, 1.165) is 19.5 Å². The Bertz CT molecular complexity index is 609. The van der Waals surface area contributed by atoms with E-state index in [1.54, 1.807) is 11.8 Å². The second-order valence-electron chi connectivity index (χ2n) is 6.66. The van der Waals surface area contributed by atoms with Crippen molar-refractivity contribution in [3.05, 3.63) is 29.3 Å². The molecule has 1 heterocycles. The molecule has 0 aliphatic carbocycles. The fraction of sp³-hybridized carbons (Fsp3) is 0.579. The molecule has 2 rings (SSSR count). The van der Waals surface area contributed by atoms with Crippen LogP contribution in [-0.2, 0) is 4.79 Å². The first kappa shape index (κ1) is 19.1. The van der Waals surface area contributed by atoms with Crippen molar-refractivity contribution in [1.82, 2.24) is 15.5 Å². The summed E-state index contributed by atoms with van der Waals surface area (Å²) in [7, 11) is 0. The lowest BCUT2D eigenvalue weighted by Crippen LogP contribution is -2.55. The van der Waals surface area contributed by atoms with Crippen LogP contribution in [-0.4, -0.2) is 55.6 Å². The van der Waals surface area contributed by atoms with E-state index < -0.39 is 6.04 Å². The molecule has 1 fully saturated rings. The summed E-state index contributed by atoms with van der Waals surface area (Å²) in [5.74, 6) is -0.135. The van der Waals surface area contributed by atoms with Crippen LogP contribution in [0.2, 0.25) is 0 Å². The van der Waals surface area contributed by atoms with Gasteiger partial charge in [-0.2, -0.15) is 0 Å². The first-order valence-corrected chi connectivity index (χ1v) is 9.08. The zero-order valence-electron chi connectivity index (χ0n) is 15.8. The van der Waals surface area contributed by atoms with Gasteiger partial charge in [0.2, 0.25) is 5.91 Å². The second-order valence-corrected chi connectivity index (χ2v) is 6.66. The van der Waals surface area contributed by atoms with Gasteiger partial charge in [-0.15, -0.1) is 0 Å². The van der Waals surface area contributed by atoms with Crippen molar-refractivity contribution in [1.29, 1.82) is 0 Å². The molecule has 3 amide bonds. The molecule has 1 saturated heterocycles. The molecule has 0 saturated carbocycles. The highest BCUT2D eigenvalue weighted by Gasteiger charge is 2.24. The molecule has 1 unspecified atom stereocenters. The molecule has 138 valence electrons. The normalized spacial score (nSPS) is 15.7. The predicted molar refractivity (Wildman–Crippen MR) is 101 cm³/mol. The first-order chi connectivity index (χ1) is 11.9. The van der Waals surface area contributed by atoms with Gasteiger partial charge in [0.25, 0.3) is 0 Å². The number of carbonyl (C=O) groups excluding carboxylic acids is 2. The summed E-state index contributed by atoms with van der Waals surface area (Å²) in [5, 5.41) is 5.59. The highest BCUT2D eigenvalue weighted by Crippen LogP contribution is 2.23. The number of amides is 3. The predicted octanol–water partition coefficient (Wildman–Crippen LogP) is 2.05. The van der Waals surface area contributed by atoms with E-state index in [-0.39, 0.29) is 11.9 Å². The lowest BCUT2D eigenvalue weighted by molar-refractivity contribution is -0.122. The number of nitrogens with one attached hydrogen (secondary N) is 2. The van der Waals surface area contributed by atoms with Gasteiger partial charge in [-0.05, 0) is 44.4 Å². The molecule has 1 aromatic rings. The maximum Gasteiger partial charge on any atom is 0.318 e. The number of urea groups is 1. The Kier molecular flexibility index (Phi) is 6.67. The monoisotopic (exact) mass is 346 g/mol. The molecule has 0 aromatic heterocycles. The van der Waals surface area contributed by atoms with E-state index in [2.05, 4.69) is 47.6 Å². The Morgan fingerprint density at radius 1 is 1.16 bits per heavy atom. The van der Waals surface area contributed by atoms with Gasteiger partial charge in [0.1, 0.15) is 6.04 Å². The van der Waals surface area contributed by atoms with Crippen LogP contribution in [0.4, 0.5) is 10.5 Å². The number of benzene rings is 1. The average molecular weight is 346 g/mol. The van der Waals surface area contributed by atoms with Gasteiger partial charge in [0.05, 0.1) is 0 Å². The van der Waals surface area contributed by atoms with E-state index in [1.165, 1.54) is 16.8 Å². The van der Waals surface area contributed by atoms with Gasteiger partial charge in [-0.1, -0.05) is 19.1 Å². The van der Waals surface area contributed by atoms with Crippen molar-refractivity contribution < 1.29 is 9.59 Å². The largest absolute Gasteiger partial charge is 0.368 e. The van der Waals surface area contributed by atoms with Crippen molar-refractivity contribution in [2.24, 2.45) is 0 Å². The van der Waals surface area contributed by atoms with Crippen LogP contribution in [0, 0.1) is 13.8 Å². The SMILES string of the molecule is CCCNC(=O)C(C)NC(=O)N1CCN(c2cccc(C)c2C)CC1. The maximum absolute atomic E-state index is 12.4. The summed E-state index contributed by atoms with van der Waals surface area (Å²) in [6, 6.07) is 5.65. The van der Waals surface area contributed by atoms with Crippen LogP contribution in [0.15, 0.2) is 18.2 Å². The molecular weight excluding hydrogens is 316 g/mol. The maximum atomic E-state index is 12.4. The van der Waals surface area contributed by atoms with Crippen molar-refractivity contribution in [2.45, 2.75) is 40.2 Å². The lowest BCUT2D eigenvalue weighted by atomic mass is 10.1. The Hall–Kier alpha value is -2.24. The third kappa shape index (κ3) is 4.87. The molecular formula is C19H30N4O2. The molecule has 1 aliphatic rings. The summed E-state index contributed by atoms with van der Waals surface area (Å²) in [4.78, 5) is 28.3. The number of hydrogen-bond acceptors (Lipinski definition) is 3. The number of carbonyl (C=O) groups is 2. The number of anilines is 1. The molecule has 1 aliphatic heterocycles. The topological polar surface area (TPSA) is 64.7 Å². The lowest BCUT2D eigenvalue weighted by Gasteiger charge is -2.37. The van der Waals surface area contributed by atoms with Crippen molar-refractivity contribution in [3.8, 4) is 0 Å². The quantitative estimate of drug-likeness (QED) is 0.858. The van der Waals surface area contributed by atoms with Gasteiger partial charge in [0.15, 0.2) is 0 Å². The van der Waals surface area contributed by atoms with E-state index >= 15 is 0 Å². The molecule has 6 heteroatoms. The average Bonchev–Trinajstić information content (AvgIpc) is 2.62. The molecule has 2 N–H and O–H groups in total. The third-order valence-corrected chi connectivity index (χ3v) is 4.77. The zero-order chi connectivity index (χ0) is 18.4. The van der Waals surface area contributed by atoms with Gasteiger partial charge >= 0.3 is 6.03 Å². The van der Waals surface area contributed by atoms with Gasteiger partial charge in [0, 0.05) is 38.4 Å². The van der Waals surface area contributed by atoms with Crippen LogP contribution in [0.5, 0.6) is 0 Å². The highest BCUT2D eigenvalue weighted by atomic mass is 16.2. The molecule has 0 radical (unpaired) electrons. The van der Waals surface area contributed by atoms with Crippen molar-refractivity contribution in [3.63, 3.8) is 0 Å². The minimum absolute atomic E-state index is 0.135. The van der Waals surface area contributed by atoms with Crippen LogP contribution in [0.3, 0.4) is 0 Å². The van der Waals surface area contributed by atoms with Crippen molar-refractivity contribution >= 4 is 17.6 Å². The summed E-state index contributed by atoms with van der Waals surface area (Å²) < 4.78 is 0. The minimum atomic E-state index is -0.518. The highest BCUT2D eigenvalue weighted by molar-refractivity contribution is 5.86. The molecule has 25 heavy (non-hydrogen) atoms. The zero-order valence-corrected chi connectivity index (χ0v) is 15.8. The fourth-order valence-electron chi connectivity index (χ4n) is 2.97. The molecule has 1 aromatic carbocycles. The smallest absolute Gasteiger partial charge is 0.318 e.